The Morgan fingerprint density at radius 2 is 1.96 bits per heavy atom. The van der Waals surface area contributed by atoms with Gasteiger partial charge in [0.15, 0.2) is 0 Å². The van der Waals surface area contributed by atoms with E-state index in [2.05, 4.69) is 15.0 Å². The number of aromatic nitrogens is 3. The van der Waals surface area contributed by atoms with E-state index in [9.17, 15) is 9.18 Å². The summed E-state index contributed by atoms with van der Waals surface area (Å²) in [6.07, 6.45) is 1.48. The quantitative estimate of drug-likeness (QED) is 0.753. The van der Waals surface area contributed by atoms with E-state index >= 15 is 0 Å². The van der Waals surface area contributed by atoms with Crippen molar-refractivity contribution < 1.29 is 4.39 Å². The lowest BCUT2D eigenvalue weighted by molar-refractivity contribution is 0.627. The number of halogens is 1. The number of nitrogens with zero attached hydrogens (tertiary/aromatic N) is 3. The number of benzene rings is 1. The van der Waals surface area contributed by atoms with Crippen LogP contribution in [0.5, 0.6) is 0 Å². The van der Waals surface area contributed by atoms with Gasteiger partial charge in [0.1, 0.15) is 11.9 Å². The maximum atomic E-state index is 14.3. The maximum Gasteiger partial charge on any atom is 0.248 e. The van der Waals surface area contributed by atoms with Crippen molar-refractivity contribution in [3.8, 4) is 28.6 Å². The molecule has 0 aliphatic heterocycles. The lowest BCUT2D eigenvalue weighted by Gasteiger charge is -2.07. The molecule has 0 amide bonds. The first-order valence-electron chi connectivity index (χ1n) is 6.61. The molecule has 0 spiro atoms. The van der Waals surface area contributed by atoms with Gasteiger partial charge in [0.2, 0.25) is 11.5 Å². The second-order valence-electron chi connectivity index (χ2n) is 4.72. The second-order valence-corrected chi connectivity index (χ2v) is 4.72. The fourth-order valence-corrected chi connectivity index (χ4v) is 2.17. The first-order valence-corrected chi connectivity index (χ1v) is 6.61. The predicted molar refractivity (Wildman–Crippen MR) is 82.6 cm³/mol. The average Bonchev–Trinajstić information content (AvgIpc) is 2.54. The Morgan fingerprint density at radius 3 is 2.70 bits per heavy atom. The highest BCUT2D eigenvalue weighted by Gasteiger charge is 2.13. The van der Waals surface area contributed by atoms with Crippen molar-refractivity contribution in [3.63, 3.8) is 0 Å². The molecule has 2 heterocycles. The number of nitrogens with one attached hydrogen (secondary N) is 1. The summed E-state index contributed by atoms with van der Waals surface area (Å²) in [6.45, 7) is 0. The molecular weight excluding hydrogens is 297 g/mol. The van der Waals surface area contributed by atoms with E-state index < -0.39 is 5.82 Å². The molecule has 0 aliphatic carbocycles. The van der Waals surface area contributed by atoms with Crippen molar-refractivity contribution >= 4 is 5.95 Å². The van der Waals surface area contributed by atoms with E-state index in [0.717, 1.165) is 0 Å². The van der Waals surface area contributed by atoms with Gasteiger partial charge in [-0.15, -0.1) is 0 Å². The van der Waals surface area contributed by atoms with Crippen LogP contribution in [-0.2, 0) is 0 Å². The second kappa shape index (κ2) is 5.69. The first kappa shape index (κ1) is 14.4. The molecule has 6 nitrogen and oxygen atoms in total. The summed E-state index contributed by atoms with van der Waals surface area (Å²) in [5, 5.41) is 8.92. The van der Waals surface area contributed by atoms with Crippen molar-refractivity contribution in [3.05, 3.63) is 64.3 Å². The van der Waals surface area contributed by atoms with Crippen LogP contribution in [0.25, 0.3) is 22.5 Å². The van der Waals surface area contributed by atoms with Crippen LogP contribution in [0.2, 0.25) is 0 Å². The van der Waals surface area contributed by atoms with E-state index in [-0.39, 0.29) is 28.3 Å². The topological polar surface area (TPSA) is 108 Å². The van der Waals surface area contributed by atoms with Crippen LogP contribution < -0.4 is 11.3 Å². The highest BCUT2D eigenvalue weighted by molar-refractivity contribution is 5.70. The monoisotopic (exact) mass is 307 g/mol. The number of hydrogen-bond acceptors (Lipinski definition) is 5. The molecule has 0 radical (unpaired) electrons. The molecule has 0 saturated carbocycles. The normalized spacial score (nSPS) is 10.3. The van der Waals surface area contributed by atoms with Gasteiger partial charge in [-0.3, -0.25) is 4.79 Å². The van der Waals surface area contributed by atoms with Gasteiger partial charge in [-0.05, 0) is 24.3 Å². The summed E-state index contributed by atoms with van der Waals surface area (Å²) in [5.74, 6) is -0.732. The Labute approximate surface area is 130 Å². The molecule has 1 aromatic carbocycles. The number of pyridine rings is 1. The third-order valence-electron chi connectivity index (χ3n) is 3.21. The van der Waals surface area contributed by atoms with Gasteiger partial charge >= 0.3 is 0 Å². The fourth-order valence-electron chi connectivity index (χ4n) is 2.17. The zero-order chi connectivity index (χ0) is 16.4. The minimum absolute atomic E-state index is 0.0560. The zero-order valence-corrected chi connectivity index (χ0v) is 11.7. The molecule has 0 bridgehead atoms. The molecule has 3 N–H and O–H groups in total. The number of nitrogens with two attached hydrogens (primary N) is 1. The van der Waals surface area contributed by atoms with Crippen molar-refractivity contribution in [1.82, 2.24) is 15.0 Å². The number of nitrogen functional groups attached to an aromatic ring is 1. The molecule has 3 aromatic rings. The van der Waals surface area contributed by atoms with Gasteiger partial charge in [0, 0.05) is 23.4 Å². The van der Waals surface area contributed by atoms with Crippen molar-refractivity contribution in [2.24, 2.45) is 0 Å². The predicted octanol–water partition coefficient (Wildman–Crippen LogP) is 2.09. The third kappa shape index (κ3) is 2.78. The Hall–Kier alpha value is -3.53. The van der Waals surface area contributed by atoms with Gasteiger partial charge in [-0.1, -0.05) is 6.07 Å². The largest absolute Gasteiger partial charge is 0.368 e. The molecule has 2 aromatic heterocycles. The Kier molecular flexibility index (Phi) is 3.57. The average molecular weight is 307 g/mol. The van der Waals surface area contributed by atoms with Crippen LogP contribution >= 0.6 is 0 Å². The van der Waals surface area contributed by atoms with Crippen molar-refractivity contribution in [2.75, 3.05) is 5.73 Å². The SMILES string of the molecule is N#Cc1cccc(-c2cc(-c3cc[nH]c(=O)c3)nc(N)n2)c1F. The van der Waals surface area contributed by atoms with Crippen LogP contribution in [0.4, 0.5) is 10.3 Å². The molecule has 112 valence electrons. The van der Waals surface area contributed by atoms with E-state index in [1.54, 1.807) is 18.2 Å². The summed E-state index contributed by atoms with van der Waals surface area (Å²) in [5.41, 5.74) is 6.62. The first-order chi connectivity index (χ1) is 11.1. The summed E-state index contributed by atoms with van der Waals surface area (Å²) in [6, 6.07) is 10.7. The van der Waals surface area contributed by atoms with E-state index in [0.29, 0.717) is 11.3 Å². The Bertz CT molecular complexity index is 990. The summed E-state index contributed by atoms with van der Waals surface area (Å²) in [7, 11) is 0. The van der Waals surface area contributed by atoms with Gasteiger partial charge in [-0.2, -0.15) is 5.26 Å². The molecule has 23 heavy (non-hydrogen) atoms. The van der Waals surface area contributed by atoms with Gasteiger partial charge in [-0.25, -0.2) is 14.4 Å². The Morgan fingerprint density at radius 1 is 1.17 bits per heavy atom. The van der Waals surface area contributed by atoms with Crippen LogP contribution in [0.1, 0.15) is 5.56 Å². The summed E-state index contributed by atoms with van der Waals surface area (Å²) < 4.78 is 14.3. The standard InChI is InChI=1S/C16H10FN5O/c17-15-10(8-18)2-1-3-11(15)13-7-12(21-16(19)22-13)9-4-5-20-14(23)6-9/h1-7H,(H,20,23)(H2,19,21,22). The molecular formula is C16H10FN5O. The number of anilines is 1. The molecule has 0 atom stereocenters. The van der Waals surface area contributed by atoms with Crippen LogP contribution in [0.3, 0.4) is 0 Å². The van der Waals surface area contributed by atoms with Crippen molar-refractivity contribution in [2.45, 2.75) is 0 Å². The van der Waals surface area contributed by atoms with Gasteiger partial charge < -0.3 is 10.7 Å². The summed E-state index contributed by atoms with van der Waals surface area (Å²) >= 11 is 0. The van der Waals surface area contributed by atoms with Crippen LogP contribution in [0.15, 0.2) is 47.4 Å². The minimum atomic E-state index is -0.676. The van der Waals surface area contributed by atoms with Gasteiger partial charge in [0.25, 0.3) is 0 Å². The van der Waals surface area contributed by atoms with E-state index in [4.69, 9.17) is 11.0 Å². The lowest BCUT2D eigenvalue weighted by Crippen LogP contribution is -2.04. The minimum Gasteiger partial charge on any atom is -0.368 e. The molecule has 0 saturated heterocycles. The number of aromatic amines is 1. The molecule has 0 aliphatic rings. The van der Waals surface area contributed by atoms with Crippen LogP contribution in [0, 0.1) is 17.1 Å². The lowest BCUT2D eigenvalue weighted by atomic mass is 10.1. The third-order valence-corrected chi connectivity index (χ3v) is 3.21. The number of nitriles is 1. The molecule has 7 heteroatoms. The fraction of sp³-hybridized carbons (Fsp3) is 0. The zero-order valence-electron chi connectivity index (χ0n) is 11.7. The Balaban J connectivity index is 2.20. The molecule has 0 unspecified atom stereocenters. The smallest absolute Gasteiger partial charge is 0.248 e. The molecule has 0 fully saturated rings. The number of hydrogen-bond donors (Lipinski definition) is 2. The maximum absolute atomic E-state index is 14.3. The van der Waals surface area contributed by atoms with E-state index in [1.807, 2.05) is 0 Å². The number of H-pyrrole nitrogens is 1. The molecule has 3 rings (SSSR count). The van der Waals surface area contributed by atoms with E-state index in [1.165, 1.54) is 30.5 Å². The summed E-state index contributed by atoms with van der Waals surface area (Å²) in [4.78, 5) is 22.0. The number of rotatable bonds is 2. The van der Waals surface area contributed by atoms with Crippen LogP contribution in [-0.4, -0.2) is 15.0 Å². The highest BCUT2D eigenvalue weighted by Crippen LogP contribution is 2.27. The highest BCUT2D eigenvalue weighted by atomic mass is 19.1. The van der Waals surface area contributed by atoms with Gasteiger partial charge in [0.05, 0.1) is 17.0 Å². The van der Waals surface area contributed by atoms with Crippen molar-refractivity contribution in [1.29, 1.82) is 5.26 Å².